The molecule has 2 aromatic heterocycles. The molecule has 4 heterocycles. The van der Waals surface area contributed by atoms with Crippen molar-refractivity contribution in [3.8, 4) is 0 Å². The molecule has 2 aliphatic heterocycles. The molecule has 0 unspecified atom stereocenters. The Morgan fingerprint density at radius 1 is 1.03 bits per heavy atom. The lowest BCUT2D eigenvalue weighted by molar-refractivity contribution is 0.264. The number of pyridine rings is 1. The van der Waals surface area contributed by atoms with Gasteiger partial charge in [-0.25, -0.2) is 9.29 Å². The predicted octanol–water partition coefficient (Wildman–Crippen LogP) is 7.76. The highest BCUT2D eigenvalue weighted by Gasteiger charge is 2.23. The predicted molar refractivity (Wildman–Crippen MR) is 140 cm³/mol. The van der Waals surface area contributed by atoms with Crippen molar-refractivity contribution in [1.29, 1.82) is 0 Å². The fourth-order valence-electron chi connectivity index (χ4n) is 4.54. The second-order valence-corrected chi connectivity index (χ2v) is 13.0. The number of halogens is 2. The molecular weight excluding hydrogens is 562 g/mol. The van der Waals surface area contributed by atoms with Gasteiger partial charge >= 0.3 is 0 Å². The van der Waals surface area contributed by atoms with Crippen molar-refractivity contribution in [2.24, 2.45) is 11.8 Å². The minimum Gasteiger partial charge on any atom is -0.356 e. The maximum atomic E-state index is 4.58. The average Bonchev–Trinajstić information content (AvgIpc) is 3.15. The molecule has 2 aliphatic rings. The van der Waals surface area contributed by atoms with E-state index in [0.717, 1.165) is 40.1 Å². The fourth-order valence-corrected chi connectivity index (χ4v) is 8.27. The van der Waals surface area contributed by atoms with Crippen LogP contribution in [0.4, 0.5) is 5.82 Å². The van der Waals surface area contributed by atoms with Crippen LogP contribution in [0.2, 0.25) is 0 Å². The lowest BCUT2D eigenvalue weighted by Gasteiger charge is -2.34. The maximum Gasteiger partial charge on any atom is 0.142 e. The minimum absolute atomic E-state index is 0.886. The molecule has 0 amide bonds. The molecule has 4 rings (SSSR count). The second kappa shape index (κ2) is 11.4. The van der Waals surface area contributed by atoms with E-state index < -0.39 is 0 Å². The molecular formula is C22H29Br2N3S3. The van der Waals surface area contributed by atoms with Crippen LogP contribution in [0.3, 0.4) is 0 Å². The molecule has 0 radical (unpaired) electrons. The topological polar surface area (TPSA) is 19.4 Å². The van der Waals surface area contributed by atoms with Gasteiger partial charge in [0.25, 0.3) is 0 Å². The fraction of sp³-hybridized carbons (Fsp3) is 0.591. The smallest absolute Gasteiger partial charge is 0.142 e. The Morgan fingerprint density at radius 3 is 2.30 bits per heavy atom. The van der Waals surface area contributed by atoms with Gasteiger partial charge in [-0.1, -0.05) is 19.3 Å². The van der Waals surface area contributed by atoms with Crippen LogP contribution < -0.4 is 4.90 Å². The van der Waals surface area contributed by atoms with Gasteiger partial charge in [0.05, 0.1) is 8.68 Å². The van der Waals surface area contributed by atoms with Crippen LogP contribution in [0.15, 0.2) is 41.8 Å². The van der Waals surface area contributed by atoms with Gasteiger partial charge in [-0.15, -0.1) is 24.0 Å². The van der Waals surface area contributed by atoms with Crippen LogP contribution in [0, 0.1) is 11.8 Å². The third-order valence-electron chi connectivity index (χ3n) is 6.28. The van der Waals surface area contributed by atoms with Gasteiger partial charge in [-0.2, -0.15) is 0 Å². The first-order valence-electron chi connectivity index (χ1n) is 10.8. The van der Waals surface area contributed by atoms with E-state index in [0.29, 0.717) is 0 Å². The first-order valence-corrected chi connectivity index (χ1v) is 14.5. The molecule has 3 nitrogen and oxygen atoms in total. The lowest BCUT2D eigenvalue weighted by atomic mass is 9.87. The second-order valence-electron chi connectivity index (χ2n) is 8.41. The summed E-state index contributed by atoms with van der Waals surface area (Å²) in [5, 5.41) is 2.17. The number of piperidine rings is 2. The summed E-state index contributed by atoms with van der Waals surface area (Å²) in [6.07, 6.45) is 11.4. The van der Waals surface area contributed by atoms with Crippen molar-refractivity contribution in [1.82, 2.24) is 9.29 Å². The normalized spacial score (nSPS) is 19.5. The molecule has 0 aromatic carbocycles. The Kier molecular flexibility index (Phi) is 8.91. The molecule has 0 spiro atoms. The van der Waals surface area contributed by atoms with Gasteiger partial charge in [0.15, 0.2) is 0 Å². The van der Waals surface area contributed by atoms with Crippen LogP contribution >= 0.6 is 67.8 Å². The Labute approximate surface area is 211 Å². The monoisotopic (exact) mass is 589 g/mol. The summed E-state index contributed by atoms with van der Waals surface area (Å²) < 4.78 is 6.21. The van der Waals surface area contributed by atoms with E-state index in [1.54, 1.807) is 0 Å². The molecule has 2 aromatic rings. The van der Waals surface area contributed by atoms with Gasteiger partial charge in [-0.05, 0) is 93.5 Å². The van der Waals surface area contributed by atoms with Gasteiger partial charge in [0.1, 0.15) is 5.82 Å². The number of anilines is 1. The Morgan fingerprint density at radius 2 is 1.70 bits per heavy atom. The summed E-state index contributed by atoms with van der Waals surface area (Å²) in [5.74, 6) is 2.89. The molecule has 0 bridgehead atoms. The van der Waals surface area contributed by atoms with Crippen molar-refractivity contribution >= 4 is 73.6 Å². The van der Waals surface area contributed by atoms with E-state index in [2.05, 4.69) is 70.1 Å². The Hall–Kier alpha value is 0.270. The highest BCUT2D eigenvalue weighted by molar-refractivity contribution is 9.10. The van der Waals surface area contributed by atoms with E-state index in [1.807, 2.05) is 35.5 Å². The average molecular weight is 592 g/mol. The van der Waals surface area contributed by atoms with Crippen molar-refractivity contribution < 1.29 is 0 Å². The Bertz CT molecular complexity index is 816. The number of nitrogens with zero attached hydrogens (tertiary/aromatic N) is 3. The first kappa shape index (κ1) is 23.4. The summed E-state index contributed by atoms with van der Waals surface area (Å²) in [7, 11) is 0. The molecule has 2 saturated heterocycles. The van der Waals surface area contributed by atoms with Crippen molar-refractivity contribution in [3.05, 3.63) is 32.7 Å². The number of hydrogen-bond acceptors (Lipinski definition) is 6. The largest absolute Gasteiger partial charge is 0.356 e. The minimum atomic E-state index is 0.886. The maximum absolute atomic E-state index is 4.58. The van der Waals surface area contributed by atoms with Gasteiger partial charge in [-0.3, -0.25) is 0 Å². The SMILES string of the molecule is Sc1cnc(N2CCC(CCCC3CCN(Sc4cc(Br)cs4)CC3)CC2)c(Br)c1. The van der Waals surface area contributed by atoms with Crippen LogP contribution in [0.5, 0.6) is 0 Å². The lowest BCUT2D eigenvalue weighted by Crippen LogP contribution is -2.34. The molecule has 0 saturated carbocycles. The molecule has 164 valence electrons. The number of hydrogen-bond donors (Lipinski definition) is 1. The zero-order valence-corrected chi connectivity index (χ0v) is 22.8. The summed E-state index contributed by atoms with van der Waals surface area (Å²) in [6.45, 7) is 4.71. The molecule has 0 aliphatic carbocycles. The highest BCUT2D eigenvalue weighted by Crippen LogP contribution is 2.36. The number of rotatable bonds is 7. The summed E-state index contributed by atoms with van der Waals surface area (Å²) >= 11 is 15.4. The molecule has 8 heteroatoms. The number of thiol groups is 1. The number of thiophene rings is 1. The quantitative estimate of drug-likeness (QED) is 0.262. The van der Waals surface area contributed by atoms with Crippen LogP contribution in [-0.2, 0) is 0 Å². The zero-order valence-electron chi connectivity index (χ0n) is 17.1. The molecule has 0 N–H and O–H groups in total. The molecule has 2 fully saturated rings. The number of aromatic nitrogens is 1. The Balaban J connectivity index is 1.12. The van der Waals surface area contributed by atoms with Gasteiger partial charge in [0, 0.05) is 47.1 Å². The van der Waals surface area contributed by atoms with E-state index in [9.17, 15) is 0 Å². The zero-order chi connectivity index (χ0) is 20.9. The van der Waals surface area contributed by atoms with Crippen molar-refractivity contribution in [3.63, 3.8) is 0 Å². The van der Waals surface area contributed by atoms with Crippen LogP contribution in [0.25, 0.3) is 0 Å². The molecule has 0 atom stereocenters. The van der Waals surface area contributed by atoms with Gasteiger partial charge < -0.3 is 4.90 Å². The van der Waals surface area contributed by atoms with E-state index in [4.69, 9.17) is 0 Å². The van der Waals surface area contributed by atoms with Gasteiger partial charge in [0.2, 0.25) is 0 Å². The highest BCUT2D eigenvalue weighted by atomic mass is 79.9. The summed E-state index contributed by atoms with van der Waals surface area (Å²) in [5.41, 5.74) is 0. The first-order chi connectivity index (χ1) is 14.6. The van der Waals surface area contributed by atoms with E-state index >= 15 is 0 Å². The van der Waals surface area contributed by atoms with Crippen LogP contribution in [0.1, 0.15) is 44.9 Å². The van der Waals surface area contributed by atoms with Crippen molar-refractivity contribution in [2.45, 2.75) is 54.1 Å². The summed E-state index contributed by atoms with van der Waals surface area (Å²) in [4.78, 5) is 7.91. The molecule has 30 heavy (non-hydrogen) atoms. The standard InChI is InChI=1S/C22H29Br2N3S3/c23-18-12-21(29-15-18)30-27-10-6-17(7-11-27)3-1-2-16-4-8-26(9-5-16)22-20(24)13-19(28)14-25-22/h12-17,28H,1-11H2. The van der Waals surface area contributed by atoms with Crippen LogP contribution in [-0.4, -0.2) is 35.5 Å². The third kappa shape index (κ3) is 6.64. The van der Waals surface area contributed by atoms with E-state index in [1.165, 1.54) is 66.7 Å². The third-order valence-corrected chi connectivity index (χ3v) is 10.0. The summed E-state index contributed by atoms with van der Waals surface area (Å²) in [6, 6.07) is 4.28. The van der Waals surface area contributed by atoms with E-state index in [-0.39, 0.29) is 0 Å². The van der Waals surface area contributed by atoms with Crippen molar-refractivity contribution in [2.75, 3.05) is 31.1 Å².